The number of hydrogen-bond acceptors (Lipinski definition) is 5. The number of nitrogens with two attached hydrogens (primary N) is 1. The second-order valence-corrected chi connectivity index (χ2v) is 4.49. The van der Waals surface area contributed by atoms with E-state index in [0.717, 1.165) is 10.8 Å². The molecule has 0 amide bonds. The maximum absolute atomic E-state index is 5.61. The molecule has 1 rings (SSSR count). The van der Waals surface area contributed by atoms with Crippen molar-refractivity contribution in [1.29, 1.82) is 0 Å². The number of nitrogens with zero attached hydrogens (tertiary/aromatic N) is 2. The molecular weight excluding hydrogens is 196 g/mol. The van der Waals surface area contributed by atoms with E-state index in [1.54, 1.807) is 18.1 Å². The SMILES string of the molecule is CSc1cc(NC(C)(C)CN)ncn1. The third-order valence-corrected chi connectivity index (χ3v) is 2.47. The monoisotopic (exact) mass is 212 g/mol. The van der Waals surface area contributed by atoms with E-state index < -0.39 is 0 Å². The summed E-state index contributed by atoms with van der Waals surface area (Å²) in [6, 6.07) is 1.92. The lowest BCUT2D eigenvalue weighted by atomic mass is 10.1. The number of nitrogens with one attached hydrogen (secondary N) is 1. The summed E-state index contributed by atoms with van der Waals surface area (Å²) in [5, 5.41) is 4.21. The molecule has 1 aromatic heterocycles. The summed E-state index contributed by atoms with van der Waals surface area (Å²) >= 11 is 1.59. The van der Waals surface area contributed by atoms with Crippen LogP contribution in [0, 0.1) is 0 Å². The van der Waals surface area contributed by atoms with Crippen LogP contribution in [0.3, 0.4) is 0 Å². The Morgan fingerprint density at radius 3 is 2.79 bits per heavy atom. The van der Waals surface area contributed by atoms with Gasteiger partial charge in [0.25, 0.3) is 0 Å². The third kappa shape index (κ3) is 3.16. The average Bonchev–Trinajstić information content (AvgIpc) is 2.17. The van der Waals surface area contributed by atoms with Crippen molar-refractivity contribution >= 4 is 17.6 Å². The number of thioether (sulfide) groups is 1. The number of rotatable bonds is 4. The largest absolute Gasteiger partial charge is 0.364 e. The Morgan fingerprint density at radius 1 is 1.50 bits per heavy atom. The zero-order chi connectivity index (χ0) is 10.6. The fraction of sp³-hybridized carbons (Fsp3) is 0.556. The van der Waals surface area contributed by atoms with E-state index >= 15 is 0 Å². The summed E-state index contributed by atoms with van der Waals surface area (Å²) in [5.74, 6) is 0.819. The Hall–Kier alpha value is -0.810. The lowest BCUT2D eigenvalue weighted by Gasteiger charge is -2.24. The van der Waals surface area contributed by atoms with Gasteiger partial charge in [0.15, 0.2) is 0 Å². The van der Waals surface area contributed by atoms with E-state index in [1.165, 1.54) is 0 Å². The molecule has 3 N–H and O–H groups in total. The van der Waals surface area contributed by atoms with Crippen molar-refractivity contribution in [3.05, 3.63) is 12.4 Å². The molecule has 0 saturated heterocycles. The molecule has 0 radical (unpaired) electrons. The minimum Gasteiger partial charge on any atom is -0.364 e. The highest BCUT2D eigenvalue weighted by Crippen LogP contribution is 2.16. The highest BCUT2D eigenvalue weighted by molar-refractivity contribution is 7.98. The van der Waals surface area contributed by atoms with Gasteiger partial charge in [0, 0.05) is 18.2 Å². The van der Waals surface area contributed by atoms with Gasteiger partial charge in [-0.3, -0.25) is 0 Å². The Bertz CT molecular complexity index is 301. The first-order chi connectivity index (χ1) is 6.57. The highest BCUT2D eigenvalue weighted by Gasteiger charge is 2.15. The minimum absolute atomic E-state index is 0.135. The second kappa shape index (κ2) is 4.61. The molecule has 1 heterocycles. The van der Waals surface area contributed by atoms with Crippen molar-refractivity contribution in [3.63, 3.8) is 0 Å². The molecule has 14 heavy (non-hydrogen) atoms. The van der Waals surface area contributed by atoms with E-state index in [-0.39, 0.29) is 5.54 Å². The predicted octanol–water partition coefficient (Wildman–Crippen LogP) is 1.35. The van der Waals surface area contributed by atoms with E-state index in [2.05, 4.69) is 15.3 Å². The zero-order valence-corrected chi connectivity index (χ0v) is 9.56. The molecule has 78 valence electrons. The lowest BCUT2D eigenvalue weighted by Crippen LogP contribution is -2.39. The molecule has 0 aliphatic carbocycles. The van der Waals surface area contributed by atoms with Crippen LogP contribution in [0.15, 0.2) is 17.4 Å². The zero-order valence-electron chi connectivity index (χ0n) is 8.74. The van der Waals surface area contributed by atoms with Crippen molar-refractivity contribution in [3.8, 4) is 0 Å². The maximum Gasteiger partial charge on any atom is 0.130 e. The minimum atomic E-state index is -0.135. The first kappa shape index (κ1) is 11.3. The van der Waals surface area contributed by atoms with Crippen LogP contribution in [0.5, 0.6) is 0 Å². The van der Waals surface area contributed by atoms with Gasteiger partial charge in [0.05, 0.1) is 0 Å². The molecule has 0 fully saturated rings. The molecule has 0 bridgehead atoms. The average molecular weight is 212 g/mol. The molecule has 5 heteroatoms. The molecule has 0 aliphatic heterocycles. The second-order valence-electron chi connectivity index (χ2n) is 3.66. The molecule has 0 unspecified atom stereocenters. The summed E-state index contributed by atoms with van der Waals surface area (Å²) in [6.45, 7) is 4.63. The number of anilines is 1. The molecular formula is C9H16N4S. The van der Waals surface area contributed by atoms with E-state index in [4.69, 9.17) is 5.73 Å². The maximum atomic E-state index is 5.61. The van der Waals surface area contributed by atoms with Crippen molar-refractivity contribution in [2.24, 2.45) is 5.73 Å². The van der Waals surface area contributed by atoms with Gasteiger partial charge in [0.1, 0.15) is 17.2 Å². The van der Waals surface area contributed by atoms with Crippen LogP contribution in [0.1, 0.15) is 13.8 Å². The summed E-state index contributed by atoms with van der Waals surface area (Å²) in [7, 11) is 0. The van der Waals surface area contributed by atoms with Crippen molar-refractivity contribution in [2.45, 2.75) is 24.4 Å². The van der Waals surface area contributed by atoms with E-state index in [0.29, 0.717) is 6.54 Å². The Kier molecular flexibility index (Phi) is 3.71. The Balaban J connectivity index is 2.76. The number of hydrogen-bond donors (Lipinski definition) is 2. The van der Waals surface area contributed by atoms with Crippen LogP contribution in [0.4, 0.5) is 5.82 Å². The lowest BCUT2D eigenvalue weighted by molar-refractivity contribution is 0.576. The standard InChI is InChI=1S/C9H16N4S/c1-9(2,5-10)13-7-4-8(14-3)12-6-11-7/h4,6H,5,10H2,1-3H3,(H,11,12,13). The number of aromatic nitrogens is 2. The van der Waals surface area contributed by atoms with Gasteiger partial charge in [-0.05, 0) is 20.1 Å². The van der Waals surface area contributed by atoms with Crippen molar-refractivity contribution in [1.82, 2.24) is 9.97 Å². The van der Waals surface area contributed by atoms with Crippen LogP contribution in [0.2, 0.25) is 0 Å². The quantitative estimate of drug-likeness (QED) is 0.582. The van der Waals surface area contributed by atoms with Crippen LogP contribution in [0.25, 0.3) is 0 Å². The van der Waals surface area contributed by atoms with Crippen LogP contribution >= 0.6 is 11.8 Å². The smallest absolute Gasteiger partial charge is 0.130 e. The van der Waals surface area contributed by atoms with Gasteiger partial charge in [-0.1, -0.05) is 0 Å². The summed E-state index contributed by atoms with van der Waals surface area (Å²) in [4.78, 5) is 8.22. The van der Waals surface area contributed by atoms with Gasteiger partial charge in [-0.2, -0.15) is 0 Å². The topological polar surface area (TPSA) is 63.8 Å². The first-order valence-corrected chi connectivity index (χ1v) is 5.64. The van der Waals surface area contributed by atoms with E-state index in [1.807, 2.05) is 26.2 Å². The van der Waals surface area contributed by atoms with Crippen molar-refractivity contribution < 1.29 is 0 Å². The fourth-order valence-corrected chi connectivity index (χ4v) is 1.30. The molecule has 0 spiro atoms. The molecule has 0 aliphatic rings. The Labute approximate surface area is 88.7 Å². The van der Waals surface area contributed by atoms with Gasteiger partial charge in [-0.15, -0.1) is 11.8 Å². The third-order valence-electron chi connectivity index (χ3n) is 1.83. The molecule has 0 atom stereocenters. The summed E-state index contributed by atoms with van der Waals surface area (Å²) in [6.07, 6.45) is 3.54. The fourth-order valence-electron chi connectivity index (χ4n) is 0.917. The van der Waals surface area contributed by atoms with Crippen LogP contribution in [-0.4, -0.2) is 28.3 Å². The molecule has 1 aromatic rings. The van der Waals surface area contributed by atoms with Gasteiger partial charge in [-0.25, -0.2) is 9.97 Å². The van der Waals surface area contributed by atoms with Gasteiger partial charge >= 0.3 is 0 Å². The highest BCUT2D eigenvalue weighted by atomic mass is 32.2. The molecule has 0 aromatic carbocycles. The van der Waals surface area contributed by atoms with Gasteiger partial charge in [0.2, 0.25) is 0 Å². The van der Waals surface area contributed by atoms with Crippen LogP contribution in [-0.2, 0) is 0 Å². The predicted molar refractivity (Wildman–Crippen MR) is 60.6 cm³/mol. The molecule has 4 nitrogen and oxygen atoms in total. The molecule has 0 saturated carbocycles. The van der Waals surface area contributed by atoms with Crippen molar-refractivity contribution in [2.75, 3.05) is 18.1 Å². The van der Waals surface area contributed by atoms with E-state index in [9.17, 15) is 0 Å². The Morgan fingerprint density at radius 2 is 2.21 bits per heavy atom. The summed E-state index contributed by atoms with van der Waals surface area (Å²) in [5.41, 5.74) is 5.48. The first-order valence-electron chi connectivity index (χ1n) is 4.42. The van der Waals surface area contributed by atoms with Crippen LogP contribution < -0.4 is 11.1 Å². The van der Waals surface area contributed by atoms with Gasteiger partial charge < -0.3 is 11.1 Å². The summed E-state index contributed by atoms with van der Waals surface area (Å²) < 4.78 is 0. The normalized spacial score (nSPS) is 11.4.